The molecule has 2 rings (SSSR count). The van der Waals surface area contributed by atoms with Gasteiger partial charge in [0.1, 0.15) is 5.75 Å². The van der Waals surface area contributed by atoms with Gasteiger partial charge in [-0.2, -0.15) is 0 Å². The minimum Gasteiger partial charge on any atom is -0.495 e. The number of hydrogen-bond acceptors (Lipinski definition) is 3. The molecule has 6 heteroatoms. The van der Waals surface area contributed by atoms with Crippen molar-refractivity contribution in [1.29, 1.82) is 0 Å². The summed E-state index contributed by atoms with van der Waals surface area (Å²) < 4.78 is 5.22. The monoisotopic (exact) mass is 352 g/mol. The second kappa shape index (κ2) is 8.20. The first-order chi connectivity index (χ1) is 11.0. The van der Waals surface area contributed by atoms with E-state index in [0.717, 1.165) is 5.56 Å². The van der Waals surface area contributed by atoms with Gasteiger partial charge in [-0.1, -0.05) is 35.3 Å². The van der Waals surface area contributed by atoms with Crippen molar-refractivity contribution in [2.75, 3.05) is 26.0 Å². The smallest absolute Gasteiger partial charge is 0.238 e. The number of ether oxygens (including phenoxy) is 1. The highest BCUT2D eigenvalue weighted by molar-refractivity contribution is 6.34. The third-order valence-electron chi connectivity index (χ3n) is 3.17. The lowest BCUT2D eigenvalue weighted by Crippen LogP contribution is -2.29. The van der Waals surface area contributed by atoms with Gasteiger partial charge in [0.15, 0.2) is 0 Å². The van der Waals surface area contributed by atoms with Gasteiger partial charge < -0.3 is 10.1 Å². The molecule has 0 aliphatic rings. The maximum atomic E-state index is 12.2. The van der Waals surface area contributed by atoms with Gasteiger partial charge in [0, 0.05) is 16.6 Å². The molecule has 0 bridgehead atoms. The number of nitrogens with one attached hydrogen (secondary N) is 1. The summed E-state index contributed by atoms with van der Waals surface area (Å²) in [7, 11) is 3.43. The predicted octanol–water partition coefficient (Wildman–Crippen LogP) is 4.07. The summed E-state index contributed by atoms with van der Waals surface area (Å²) >= 11 is 12.0. The fraction of sp³-hybridized carbons (Fsp3) is 0.235. The van der Waals surface area contributed by atoms with E-state index in [0.29, 0.717) is 28.0 Å². The van der Waals surface area contributed by atoms with Crippen LogP contribution in [0.5, 0.6) is 5.75 Å². The summed E-state index contributed by atoms with van der Waals surface area (Å²) in [5.41, 5.74) is 1.61. The van der Waals surface area contributed by atoms with E-state index in [1.807, 2.05) is 36.2 Å². The van der Waals surface area contributed by atoms with Crippen molar-refractivity contribution < 1.29 is 9.53 Å². The fourth-order valence-corrected chi connectivity index (χ4v) is 2.82. The molecule has 0 saturated heterocycles. The quantitative estimate of drug-likeness (QED) is 0.851. The van der Waals surface area contributed by atoms with Gasteiger partial charge in [0.2, 0.25) is 5.91 Å². The van der Waals surface area contributed by atoms with Crippen LogP contribution in [0.3, 0.4) is 0 Å². The van der Waals surface area contributed by atoms with Gasteiger partial charge in [-0.15, -0.1) is 0 Å². The summed E-state index contributed by atoms with van der Waals surface area (Å²) in [6.45, 7) is 0.807. The van der Waals surface area contributed by atoms with Crippen LogP contribution in [0.25, 0.3) is 0 Å². The molecular formula is C17H18Cl2N2O2. The zero-order valence-corrected chi connectivity index (χ0v) is 14.5. The Bertz CT molecular complexity index is 672. The van der Waals surface area contributed by atoms with E-state index >= 15 is 0 Å². The second-order valence-corrected chi connectivity index (χ2v) is 6.07. The number of anilines is 1. The Morgan fingerprint density at radius 1 is 1.17 bits per heavy atom. The van der Waals surface area contributed by atoms with Crippen LogP contribution in [-0.2, 0) is 11.3 Å². The molecule has 0 spiro atoms. The van der Waals surface area contributed by atoms with Gasteiger partial charge >= 0.3 is 0 Å². The zero-order valence-electron chi connectivity index (χ0n) is 13.0. The molecule has 23 heavy (non-hydrogen) atoms. The highest BCUT2D eigenvalue weighted by Crippen LogP contribution is 2.23. The second-order valence-electron chi connectivity index (χ2n) is 5.20. The number of carbonyl (C=O) groups is 1. The number of hydrogen-bond donors (Lipinski definition) is 1. The molecule has 1 amide bonds. The highest BCUT2D eigenvalue weighted by atomic mass is 35.5. The largest absolute Gasteiger partial charge is 0.495 e. The highest BCUT2D eigenvalue weighted by Gasteiger charge is 2.10. The standard InChI is InChI=1S/C17H18Cl2N2O2/c1-21(10-12-7-13(18)9-14(19)8-12)11-17(22)20-15-5-3-4-6-16(15)23-2/h3-9H,10-11H2,1-2H3,(H,20,22). The number of carbonyl (C=O) groups excluding carboxylic acids is 1. The Balaban J connectivity index is 1.94. The molecule has 0 aromatic heterocycles. The van der Waals surface area contributed by atoms with E-state index in [-0.39, 0.29) is 12.5 Å². The first-order valence-corrected chi connectivity index (χ1v) is 7.80. The van der Waals surface area contributed by atoms with Gasteiger partial charge in [-0.05, 0) is 42.9 Å². The molecule has 2 aromatic rings. The number of methoxy groups -OCH3 is 1. The summed E-state index contributed by atoms with van der Waals surface area (Å²) in [5, 5.41) is 4.01. The van der Waals surface area contributed by atoms with Crippen molar-refractivity contribution in [3.8, 4) is 5.75 Å². The van der Waals surface area contributed by atoms with Crippen LogP contribution in [0.2, 0.25) is 10.0 Å². The van der Waals surface area contributed by atoms with Crippen molar-refractivity contribution >= 4 is 34.8 Å². The Morgan fingerprint density at radius 3 is 2.48 bits per heavy atom. The molecule has 122 valence electrons. The average Bonchev–Trinajstić information content (AvgIpc) is 2.46. The van der Waals surface area contributed by atoms with Gasteiger partial charge in [0.25, 0.3) is 0 Å². The number of rotatable bonds is 6. The maximum absolute atomic E-state index is 12.2. The van der Waals surface area contributed by atoms with Crippen molar-refractivity contribution in [2.24, 2.45) is 0 Å². The predicted molar refractivity (Wildman–Crippen MR) is 94.4 cm³/mol. The molecule has 0 fully saturated rings. The van der Waals surface area contributed by atoms with E-state index in [1.54, 1.807) is 25.3 Å². The molecule has 0 atom stereocenters. The molecule has 0 unspecified atom stereocenters. The third-order valence-corrected chi connectivity index (χ3v) is 3.61. The van der Waals surface area contributed by atoms with Gasteiger partial charge in [-0.25, -0.2) is 0 Å². The number of benzene rings is 2. The minimum atomic E-state index is -0.120. The van der Waals surface area contributed by atoms with Gasteiger partial charge in [-0.3, -0.25) is 9.69 Å². The van der Waals surface area contributed by atoms with Crippen LogP contribution in [0, 0.1) is 0 Å². The first-order valence-electron chi connectivity index (χ1n) is 7.04. The lowest BCUT2D eigenvalue weighted by molar-refractivity contribution is -0.117. The van der Waals surface area contributed by atoms with Crippen LogP contribution < -0.4 is 10.1 Å². The lowest BCUT2D eigenvalue weighted by atomic mass is 10.2. The maximum Gasteiger partial charge on any atom is 0.238 e. The molecule has 0 saturated carbocycles. The Morgan fingerprint density at radius 2 is 1.83 bits per heavy atom. The number of halogens is 2. The molecule has 2 aromatic carbocycles. The number of para-hydroxylation sites is 2. The van der Waals surface area contributed by atoms with Crippen molar-refractivity contribution in [3.05, 3.63) is 58.1 Å². The molecule has 4 nitrogen and oxygen atoms in total. The number of likely N-dealkylation sites (N-methyl/N-ethyl adjacent to an activating group) is 1. The van der Waals surface area contributed by atoms with Crippen LogP contribution in [0.1, 0.15) is 5.56 Å². The van der Waals surface area contributed by atoms with E-state index in [1.165, 1.54) is 0 Å². The van der Waals surface area contributed by atoms with E-state index in [9.17, 15) is 4.79 Å². The van der Waals surface area contributed by atoms with Gasteiger partial charge in [0.05, 0.1) is 19.3 Å². The van der Waals surface area contributed by atoms with E-state index in [4.69, 9.17) is 27.9 Å². The zero-order chi connectivity index (χ0) is 16.8. The molecular weight excluding hydrogens is 335 g/mol. The average molecular weight is 353 g/mol. The molecule has 1 N–H and O–H groups in total. The van der Waals surface area contributed by atoms with Crippen molar-refractivity contribution in [2.45, 2.75) is 6.54 Å². The number of nitrogens with zero attached hydrogens (tertiary/aromatic N) is 1. The van der Waals surface area contributed by atoms with Crippen molar-refractivity contribution in [3.63, 3.8) is 0 Å². The Hall–Kier alpha value is -1.75. The van der Waals surface area contributed by atoms with E-state index in [2.05, 4.69) is 5.32 Å². The topological polar surface area (TPSA) is 41.6 Å². The molecule has 0 heterocycles. The van der Waals surface area contributed by atoms with Crippen LogP contribution in [0.4, 0.5) is 5.69 Å². The Kier molecular flexibility index (Phi) is 6.28. The van der Waals surface area contributed by atoms with Crippen molar-refractivity contribution in [1.82, 2.24) is 4.90 Å². The molecule has 0 radical (unpaired) electrons. The normalized spacial score (nSPS) is 10.7. The minimum absolute atomic E-state index is 0.120. The fourth-order valence-electron chi connectivity index (χ4n) is 2.25. The molecule has 0 aliphatic heterocycles. The SMILES string of the molecule is COc1ccccc1NC(=O)CN(C)Cc1cc(Cl)cc(Cl)c1. The first kappa shape index (κ1) is 17.6. The number of amides is 1. The Labute approximate surface area is 146 Å². The summed E-state index contributed by atoms with van der Waals surface area (Å²) in [4.78, 5) is 14.0. The van der Waals surface area contributed by atoms with Crippen LogP contribution in [0.15, 0.2) is 42.5 Å². The van der Waals surface area contributed by atoms with E-state index < -0.39 is 0 Å². The van der Waals surface area contributed by atoms with Crippen LogP contribution in [-0.4, -0.2) is 31.5 Å². The third kappa shape index (κ3) is 5.43. The van der Waals surface area contributed by atoms with Crippen LogP contribution >= 0.6 is 23.2 Å². The summed E-state index contributed by atoms with van der Waals surface area (Å²) in [6, 6.07) is 12.6. The lowest BCUT2D eigenvalue weighted by Gasteiger charge is -2.17. The summed E-state index contributed by atoms with van der Waals surface area (Å²) in [5.74, 6) is 0.509. The summed E-state index contributed by atoms with van der Waals surface area (Å²) in [6.07, 6.45) is 0. The molecule has 0 aliphatic carbocycles.